The van der Waals surface area contributed by atoms with Gasteiger partial charge < -0.3 is 4.98 Å². The molecule has 2 nitrogen and oxygen atoms in total. The Bertz CT molecular complexity index is 516. The molecule has 6 heteroatoms. The van der Waals surface area contributed by atoms with E-state index in [2.05, 4.69) is 25.9 Å². The molecule has 2 rings (SSSR count). The van der Waals surface area contributed by atoms with Gasteiger partial charge >= 0.3 is 6.18 Å². The molecule has 0 fully saturated rings. The SMILES string of the molecule is Cc1c(Br)ccc2[nH]c(C(F)(F)F)nc12. The van der Waals surface area contributed by atoms with Crippen LogP contribution in [-0.2, 0) is 6.18 Å². The van der Waals surface area contributed by atoms with Gasteiger partial charge in [0.15, 0.2) is 0 Å². The Labute approximate surface area is 91.6 Å². The molecule has 2 aromatic rings. The molecule has 0 bridgehead atoms. The number of hydrogen-bond donors (Lipinski definition) is 1. The van der Waals surface area contributed by atoms with E-state index in [0.29, 0.717) is 16.6 Å². The Hall–Kier alpha value is -1.04. The number of aromatic amines is 1. The Kier molecular flexibility index (Phi) is 2.26. The van der Waals surface area contributed by atoms with Gasteiger partial charge in [0.25, 0.3) is 0 Å². The fourth-order valence-electron chi connectivity index (χ4n) is 1.32. The number of nitrogens with one attached hydrogen (secondary N) is 1. The maximum Gasteiger partial charge on any atom is 0.449 e. The van der Waals surface area contributed by atoms with Crippen LogP contribution in [0.3, 0.4) is 0 Å². The largest absolute Gasteiger partial charge is 0.449 e. The first-order valence-corrected chi connectivity index (χ1v) is 4.91. The minimum Gasteiger partial charge on any atom is -0.334 e. The van der Waals surface area contributed by atoms with Gasteiger partial charge in [-0.2, -0.15) is 13.2 Å². The average Bonchev–Trinajstić information content (AvgIpc) is 2.55. The number of imidazole rings is 1. The topological polar surface area (TPSA) is 28.7 Å². The number of benzene rings is 1. The highest BCUT2D eigenvalue weighted by Crippen LogP contribution is 2.31. The minimum absolute atomic E-state index is 0.344. The summed E-state index contributed by atoms with van der Waals surface area (Å²) in [6, 6.07) is 3.25. The van der Waals surface area contributed by atoms with Gasteiger partial charge in [-0.25, -0.2) is 4.98 Å². The zero-order chi connectivity index (χ0) is 11.2. The second-order valence-corrected chi connectivity index (χ2v) is 4.01. The van der Waals surface area contributed by atoms with E-state index < -0.39 is 12.0 Å². The van der Waals surface area contributed by atoms with Crippen LogP contribution in [-0.4, -0.2) is 9.97 Å². The van der Waals surface area contributed by atoms with Crippen molar-refractivity contribution in [3.05, 3.63) is 28.0 Å². The summed E-state index contributed by atoms with van der Waals surface area (Å²) in [5.74, 6) is -0.960. The van der Waals surface area contributed by atoms with Crippen molar-refractivity contribution in [1.82, 2.24) is 9.97 Å². The van der Waals surface area contributed by atoms with E-state index in [1.807, 2.05) is 0 Å². The molecule has 80 valence electrons. The molecule has 1 N–H and O–H groups in total. The molecular weight excluding hydrogens is 273 g/mol. The van der Waals surface area contributed by atoms with Gasteiger partial charge in [0.1, 0.15) is 0 Å². The summed E-state index contributed by atoms with van der Waals surface area (Å²) >= 11 is 3.24. The van der Waals surface area contributed by atoms with Gasteiger partial charge in [-0.15, -0.1) is 0 Å². The van der Waals surface area contributed by atoms with Crippen molar-refractivity contribution in [2.24, 2.45) is 0 Å². The molecular formula is C9H6BrF3N2. The highest BCUT2D eigenvalue weighted by molar-refractivity contribution is 9.10. The predicted octanol–water partition coefficient (Wildman–Crippen LogP) is 3.65. The van der Waals surface area contributed by atoms with Crippen molar-refractivity contribution in [1.29, 1.82) is 0 Å². The molecule has 0 amide bonds. The molecule has 0 aliphatic heterocycles. The molecule has 0 spiro atoms. The fraction of sp³-hybridized carbons (Fsp3) is 0.222. The van der Waals surface area contributed by atoms with E-state index in [-0.39, 0.29) is 0 Å². The first-order chi connectivity index (χ1) is 6.89. The van der Waals surface area contributed by atoms with Gasteiger partial charge in [0.2, 0.25) is 5.82 Å². The highest BCUT2D eigenvalue weighted by atomic mass is 79.9. The van der Waals surface area contributed by atoms with Crippen molar-refractivity contribution >= 4 is 27.0 Å². The lowest BCUT2D eigenvalue weighted by atomic mass is 10.2. The summed E-state index contributed by atoms with van der Waals surface area (Å²) < 4.78 is 37.8. The van der Waals surface area contributed by atoms with E-state index in [1.54, 1.807) is 19.1 Å². The van der Waals surface area contributed by atoms with Crippen LogP contribution in [0.2, 0.25) is 0 Å². The number of aryl methyl sites for hydroxylation is 1. The summed E-state index contributed by atoms with van der Waals surface area (Å²) in [5.41, 5.74) is 1.43. The summed E-state index contributed by atoms with van der Waals surface area (Å²) in [4.78, 5) is 5.78. The summed E-state index contributed by atoms with van der Waals surface area (Å²) in [7, 11) is 0. The molecule has 0 atom stereocenters. The Morgan fingerprint density at radius 3 is 2.60 bits per heavy atom. The second-order valence-electron chi connectivity index (χ2n) is 3.15. The Balaban J connectivity index is 2.72. The van der Waals surface area contributed by atoms with Crippen molar-refractivity contribution < 1.29 is 13.2 Å². The molecule has 0 saturated carbocycles. The normalized spacial score (nSPS) is 12.3. The highest BCUT2D eigenvalue weighted by Gasteiger charge is 2.34. The molecule has 0 saturated heterocycles. The van der Waals surface area contributed by atoms with Crippen LogP contribution >= 0.6 is 15.9 Å². The third kappa shape index (κ3) is 1.73. The molecule has 0 aliphatic rings. The van der Waals surface area contributed by atoms with Gasteiger partial charge in [-0.3, -0.25) is 0 Å². The summed E-state index contributed by atoms with van der Waals surface area (Å²) in [5, 5.41) is 0. The maximum absolute atomic E-state index is 12.4. The van der Waals surface area contributed by atoms with Crippen LogP contribution in [0.4, 0.5) is 13.2 Å². The number of halogens is 4. The average molecular weight is 279 g/mol. The molecule has 1 heterocycles. The van der Waals surface area contributed by atoms with Gasteiger partial charge in [0.05, 0.1) is 11.0 Å². The lowest BCUT2D eigenvalue weighted by Crippen LogP contribution is -2.06. The van der Waals surface area contributed by atoms with Crippen LogP contribution in [0.25, 0.3) is 11.0 Å². The second kappa shape index (κ2) is 3.23. The van der Waals surface area contributed by atoms with Crippen molar-refractivity contribution in [2.75, 3.05) is 0 Å². The smallest absolute Gasteiger partial charge is 0.334 e. The Morgan fingerprint density at radius 2 is 2.00 bits per heavy atom. The Morgan fingerprint density at radius 1 is 1.33 bits per heavy atom. The van der Waals surface area contributed by atoms with E-state index >= 15 is 0 Å². The third-order valence-electron chi connectivity index (χ3n) is 2.11. The number of fused-ring (bicyclic) bond motifs is 1. The number of aromatic nitrogens is 2. The number of hydrogen-bond acceptors (Lipinski definition) is 1. The van der Waals surface area contributed by atoms with Gasteiger partial charge in [-0.05, 0) is 24.6 Å². The first kappa shape index (κ1) is 10.5. The van der Waals surface area contributed by atoms with E-state index in [1.165, 1.54) is 0 Å². The van der Waals surface area contributed by atoms with E-state index in [9.17, 15) is 13.2 Å². The molecule has 1 aromatic heterocycles. The third-order valence-corrected chi connectivity index (χ3v) is 2.97. The van der Waals surface area contributed by atoms with Crippen LogP contribution in [0, 0.1) is 6.92 Å². The summed E-state index contributed by atoms with van der Waals surface area (Å²) in [6.45, 7) is 1.72. The number of nitrogens with zero attached hydrogens (tertiary/aromatic N) is 1. The first-order valence-electron chi connectivity index (χ1n) is 4.11. The van der Waals surface area contributed by atoms with Gasteiger partial charge in [-0.1, -0.05) is 15.9 Å². The molecule has 0 radical (unpaired) electrons. The number of H-pyrrole nitrogens is 1. The van der Waals surface area contributed by atoms with Gasteiger partial charge in [0, 0.05) is 4.47 Å². The summed E-state index contributed by atoms with van der Waals surface area (Å²) in [6.07, 6.45) is -4.43. The number of rotatable bonds is 0. The lowest BCUT2D eigenvalue weighted by Gasteiger charge is -1.99. The lowest BCUT2D eigenvalue weighted by molar-refractivity contribution is -0.144. The molecule has 15 heavy (non-hydrogen) atoms. The quantitative estimate of drug-likeness (QED) is 0.783. The van der Waals surface area contributed by atoms with Crippen LogP contribution < -0.4 is 0 Å². The fourth-order valence-corrected chi connectivity index (χ4v) is 1.64. The number of alkyl halides is 3. The molecule has 0 unspecified atom stereocenters. The molecule has 0 aliphatic carbocycles. The van der Waals surface area contributed by atoms with Crippen LogP contribution in [0.15, 0.2) is 16.6 Å². The monoisotopic (exact) mass is 278 g/mol. The zero-order valence-corrected chi connectivity index (χ0v) is 9.20. The van der Waals surface area contributed by atoms with Crippen molar-refractivity contribution in [2.45, 2.75) is 13.1 Å². The van der Waals surface area contributed by atoms with Crippen LogP contribution in [0.1, 0.15) is 11.4 Å². The van der Waals surface area contributed by atoms with Crippen LogP contribution in [0.5, 0.6) is 0 Å². The van der Waals surface area contributed by atoms with Crippen molar-refractivity contribution in [3.8, 4) is 0 Å². The van der Waals surface area contributed by atoms with Crippen molar-refractivity contribution in [3.63, 3.8) is 0 Å². The van der Waals surface area contributed by atoms with E-state index in [4.69, 9.17) is 0 Å². The maximum atomic E-state index is 12.4. The van der Waals surface area contributed by atoms with E-state index in [0.717, 1.165) is 4.47 Å². The predicted molar refractivity (Wildman–Crippen MR) is 53.5 cm³/mol. The zero-order valence-electron chi connectivity index (χ0n) is 7.61. The minimum atomic E-state index is -4.43. The standard InChI is InChI=1S/C9H6BrF3N2/c1-4-5(10)2-3-6-7(4)15-8(14-6)9(11,12)13/h2-3H,1H3,(H,14,15). The molecule has 1 aromatic carbocycles.